The van der Waals surface area contributed by atoms with Crippen molar-refractivity contribution in [2.45, 2.75) is 38.5 Å². The maximum atomic E-state index is 8.84. The summed E-state index contributed by atoms with van der Waals surface area (Å²) in [5.41, 5.74) is 0.934. The van der Waals surface area contributed by atoms with Gasteiger partial charge >= 0.3 is 0 Å². The van der Waals surface area contributed by atoms with Crippen LogP contribution in [0.3, 0.4) is 0 Å². The van der Waals surface area contributed by atoms with Gasteiger partial charge in [-0.1, -0.05) is 30.4 Å². The van der Waals surface area contributed by atoms with Gasteiger partial charge in [-0.3, -0.25) is 0 Å². The number of nitriles is 1. The molecule has 0 unspecified atom stereocenters. The van der Waals surface area contributed by atoms with E-state index in [0.717, 1.165) is 44.1 Å². The van der Waals surface area contributed by atoms with Crippen molar-refractivity contribution in [3.63, 3.8) is 0 Å². The van der Waals surface area contributed by atoms with Crippen molar-refractivity contribution < 1.29 is 0 Å². The van der Waals surface area contributed by atoms with Gasteiger partial charge in [-0.2, -0.15) is 5.26 Å². The molecular formula is C13H17N. The number of rotatable bonds is 0. The zero-order valence-electron chi connectivity index (χ0n) is 8.58. The molecule has 1 heteroatoms. The second-order valence-corrected chi connectivity index (χ2v) is 3.49. The molecule has 14 heavy (non-hydrogen) atoms. The lowest BCUT2D eigenvalue weighted by Crippen LogP contribution is -1.81. The summed E-state index contributed by atoms with van der Waals surface area (Å²) >= 11 is 0. The summed E-state index contributed by atoms with van der Waals surface area (Å²) in [6.07, 6.45) is 17.1. The highest BCUT2D eigenvalue weighted by Gasteiger charge is 1.94. The Morgan fingerprint density at radius 3 is 2.50 bits per heavy atom. The van der Waals surface area contributed by atoms with Crippen LogP contribution in [0.5, 0.6) is 0 Å². The molecule has 0 aromatic carbocycles. The molecule has 1 aliphatic rings. The molecule has 0 bridgehead atoms. The second kappa shape index (κ2) is 7.15. The first-order valence-corrected chi connectivity index (χ1v) is 5.32. The summed E-state index contributed by atoms with van der Waals surface area (Å²) < 4.78 is 0. The number of allylic oxidation sites excluding steroid dienone is 6. The van der Waals surface area contributed by atoms with E-state index in [1.165, 1.54) is 0 Å². The molecule has 0 aliphatic heterocycles. The van der Waals surface area contributed by atoms with Gasteiger partial charge in [0, 0.05) is 5.57 Å². The lowest BCUT2D eigenvalue weighted by atomic mass is 10.1. The first-order valence-electron chi connectivity index (χ1n) is 5.32. The molecule has 74 valence electrons. The quantitative estimate of drug-likeness (QED) is 0.527. The molecule has 0 radical (unpaired) electrons. The van der Waals surface area contributed by atoms with E-state index in [1.807, 2.05) is 6.08 Å². The van der Waals surface area contributed by atoms with Crippen LogP contribution < -0.4 is 0 Å². The number of hydrogen-bond donors (Lipinski definition) is 0. The molecule has 0 heterocycles. The summed E-state index contributed by atoms with van der Waals surface area (Å²) in [4.78, 5) is 0. The van der Waals surface area contributed by atoms with Crippen molar-refractivity contribution in [2.75, 3.05) is 0 Å². The molecule has 0 saturated heterocycles. The van der Waals surface area contributed by atoms with Crippen LogP contribution in [0.15, 0.2) is 36.0 Å². The van der Waals surface area contributed by atoms with Gasteiger partial charge in [0.1, 0.15) is 0 Å². The van der Waals surface area contributed by atoms with Gasteiger partial charge in [0.05, 0.1) is 6.07 Å². The van der Waals surface area contributed by atoms with Crippen molar-refractivity contribution >= 4 is 0 Å². The highest BCUT2D eigenvalue weighted by atomic mass is 14.2. The SMILES string of the molecule is N#CC1=CCC=CCCC=CCCC1. The van der Waals surface area contributed by atoms with Gasteiger partial charge in [0.2, 0.25) is 0 Å². The van der Waals surface area contributed by atoms with Crippen molar-refractivity contribution in [1.29, 1.82) is 5.26 Å². The van der Waals surface area contributed by atoms with Gasteiger partial charge < -0.3 is 0 Å². The van der Waals surface area contributed by atoms with E-state index < -0.39 is 0 Å². The molecule has 0 atom stereocenters. The minimum Gasteiger partial charge on any atom is -0.193 e. The standard InChI is InChI=1S/C13H17N/c14-12-13-10-8-6-4-2-1-3-5-7-9-11-13/h2,4-5,7,11H,1,3,6,8-10H2. The predicted octanol–water partition coefficient (Wildman–Crippen LogP) is 3.90. The Bertz CT molecular complexity index is 276. The lowest BCUT2D eigenvalue weighted by molar-refractivity contribution is 0.839. The largest absolute Gasteiger partial charge is 0.193 e. The van der Waals surface area contributed by atoms with E-state index in [4.69, 9.17) is 5.26 Å². The fourth-order valence-electron chi connectivity index (χ4n) is 1.47. The molecule has 0 aromatic heterocycles. The van der Waals surface area contributed by atoms with Crippen LogP contribution in [0.2, 0.25) is 0 Å². The third-order valence-corrected chi connectivity index (χ3v) is 2.29. The molecule has 0 saturated carbocycles. The molecule has 1 nitrogen and oxygen atoms in total. The van der Waals surface area contributed by atoms with Gasteiger partial charge in [-0.25, -0.2) is 0 Å². The molecular weight excluding hydrogens is 170 g/mol. The second-order valence-electron chi connectivity index (χ2n) is 3.49. The van der Waals surface area contributed by atoms with Crippen LogP contribution in [-0.2, 0) is 0 Å². The summed E-state index contributed by atoms with van der Waals surface area (Å²) in [6, 6.07) is 2.26. The van der Waals surface area contributed by atoms with Crippen LogP contribution >= 0.6 is 0 Å². The van der Waals surface area contributed by atoms with E-state index in [9.17, 15) is 0 Å². The minimum atomic E-state index is 0.909. The normalized spacial score (nSPS) is 18.9. The maximum Gasteiger partial charge on any atom is 0.0943 e. The Kier molecular flexibility index (Phi) is 5.51. The Balaban J connectivity index is 2.52. The number of nitrogens with zero attached hydrogens (tertiary/aromatic N) is 1. The van der Waals surface area contributed by atoms with Crippen LogP contribution in [0, 0.1) is 11.3 Å². The Morgan fingerprint density at radius 2 is 1.71 bits per heavy atom. The van der Waals surface area contributed by atoms with Crippen molar-refractivity contribution in [2.24, 2.45) is 0 Å². The third kappa shape index (κ3) is 4.67. The molecule has 0 aromatic rings. The van der Waals surface area contributed by atoms with E-state index in [2.05, 4.69) is 30.4 Å². The van der Waals surface area contributed by atoms with Gasteiger partial charge in [-0.05, 0) is 38.5 Å². The fraction of sp³-hybridized carbons (Fsp3) is 0.462. The van der Waals surface area contributed by atoms with E-state index in [1.54, 1.807) is 0 Å². The summed E-state index contributed by atoms with van der Waals surface area (Å²) in [7, 11) is 0. The molecule has 0 fully saturated rings. The molecule has 0 spiro atoms. The monoisotopic (exact) mass is 187 g/mol. The lowest BCUT2D eigenvalue weighted by Gasteiger charge is -1.97. The van der Waals surface area contributed by atoms with Crippen LogP contribution in [0.1, 0.15) is 38.5 Å². The average molecular weight is 187 g/mol. The Morgan fingerprint density at radius 1 is 1.00 bits per heavy atom. The fourth-order valence-corrected chi connectivity index (χ4v) is 1.47. The van der Waals surface area contributed by atoms with Crippen molar-refractivity contribution in [3.8, 4) is 6.07 Å². The summed E-state index contributed by atoms with van der Waals surface area (Å²) in [6.45, 7) is 0. The Labute approximate surface area is 86.4 Å². The molecule has 0 amide bonds. The van der Waals surface area contributed by atoms with Crippen LogP contribution in [-0.4, -0.2) is 0 Å². The highest BCUT2D eigenvalue weighted by Crippen LogP contribution is 2.10. The first-order chi connectivity index (χ1) is 6.93. The van der Waals surface area contributed by atoms with Crippen molar-refractivity contribution in [1.82, 2.24) is 0 Å². The zero-order valence-corrected chi connectivity index (χ0v) is 8.58. The van der Waals surface area contributed by atoms with E-state index in [0.29, 0.717) is 0 Å². The minimum absolute atomic E-state index is 0.909. The molecule has 1 aliphatic carbocycles. The molecule has 0 N–H and O–H groups in total. The summed E-state index contributed by atoms with van der Waals surface area (Å²) in [5, 5.41) is 8.84. The number of hydrogen-bond acceptors (Lipinski definition) is 1. The van der Waals surface area contributed by atoms with Gasteiger partial charge in [0.25, 0.3) is 0 Å². The smallest absolute Gasteiger partial charge is 0.0943 e. The van der Waals surface area contributed by atoms with Crippen molar-refractivity contribution in [3.05, 3.63) is 36.0 Å². The molecule has 1 rings (SSSR count). The van der Waals surface area contributed by atoms with Gasteiger partial charge in [-0.15, -0.1) is 0 Å². The zero-order chi connectivity index (χ0) is 10.1. The predicted molar refractivity (Wildman–Crippen MR) is 59.7 cm³/mol. The highest BCUT2D eigenvalue weighted by molar-refractivity contribution is 5.21. The van der Waals surface area contributed by atoms with Gasteiger partial charge in [0.15, 0.2) is 0 Å². The van der Waals surface area contributed by atoms with Crippen LogP contribution in [0.25, 0.3) is 0 Å². The maximum absolute atomic E-state index is 8.84. The Hall–Kier alpha value is -1.29. The average Bonchev–Trinajstić information content (AvgIpc) is 2.19. The van der Waals surface area contributed by atoms with Crippen LogP contribution in [0.4, 0.5) is 0 Å². The first kappa shape index (κ1) is 10.8. The third-order valence-electron chi connectivity index (χ3n) is 2.29. The van der Waals surface area contributed by atoms with E-state index in [-0.39, 0.29) is 0 Å². The topological polar surface area (TPSA) is 23.8 Å². The summed E-state index contributed by atoms with van der Waals surface area (Å²) in [5.74, 6) is 0. The van der Waals surface area contributed by atoms with E-state index >= 15 is 0 Å².